The van der Waals surface area contributed by atoms with Crippen LogP contribution in [0.3, 0.4) is 0 Å². The summed E-state index contributed by atoms with van der Waals surface area (Å²) in [5.74, 6) is 0.734. The minimum atomic E-state index is -0.295. The molecule has 136 valence electrons. The molecule has 7 nitrogen and oxygen atoms in total. The summed E-state index contributed by atoms with van der Waals surface area (Å²) in [7, 11) is 2.02. The Morgan fingerprint density at radius 3 is 2.50 bits per heavy atom. The van der Waals surface area contributed by atoms with E-state index in [1.165, 1.54) is 0 Å². The first-order valence-corrected chi connectivity index (χ1v) is 8.58. The number of anilines is 2. The predicted octanol–water partition coefficient (Wildman–Crippen LogP) is 3.91. The zero-order valence-corrected chi connectivity index (χ0v) is 15.4. The van der Waals surface area contributed by atoms with Gasteiger partial charge in [-0.2, -0.15) is 0 Å². The molecule has 3 rings (SSSR count). The Bertz CT molecular complexity index is 896. The van der Waals surface area contributed by atoms with Gasteiger partial charge in [0.05, 0.1) is 5.69 Å². The topological polar surface area (TPSA) is 84.4 Å². The largest absolute Gasteiger partial charge is 0.375 e. The molecular weight excluding hydrogens is 332 g/mol. The lowest BCUT2D eigenvalue weighted by molar-refractivity contribution is 0.102. The zero-order valence-electron chi connectivity index (χ0n) is 15.4. The lowest BCUT2D eigenvalue weighted by Crippen LogP contribution is -2.16. The van der Waals surface area contributed by atoms with Gasteiger partial charge >= 0.3 is 0 Å². The van der Waals surface area contributed by atoms with Crippen molar-refractivity contribution >= 4 is 17.3 Å². The number of benzene rings is 1. The van der Waals surface area contributed by atoms with Crippen LogP contribution >= 0.6 is 0 Å². The van der Waals surface area contributed by atoms with E-state index in [0.29, 0.717) is 34.8 Å². The second-order valence-corrected chi connectivity index (χ2v) is 6.02. The number of nitrogens with one attached hydrogen (secondary N) is 1. The average Bonchev–Trinajstić information content (AvgIpc) is 3.27. The van der Waals surface area contributed by atoms with E-state index >= 15 is 0 Å². The van der Waals surface area contributed by atoms with Gasteiger partial charge in [0.25, 0.3) is 5.91 Å². The Morgan fingerprint density at radius 2 is 1.88 bits per heavy atom. The van der Waals surface area contributed by atoms with Crippen molar-refractivity contribution in [3.05, 3.63) is 47.3 Å². The van der Waals surface area contributed by atoms with E-state index in [9.17, 15) is 4.79 Å². The van der Waals surface area contributed by atoms with E-state index in [2.05, 4.69) is 27.5 Å². The highest BCUT2D eigenvalue weighted by molar-refractivity contribution is 6.08. The molecule has 0 atom stereocenters. The third-order valence-corrected chi connectivity index (χ3v) is 4.27. The molecule has 0 radical (unpaired) electrons. The molecule has 0 saturated heterocycles. The van der Waals surface area contributed by atoms with Crippen LogP contribution in [-0.2, 0) is 6.42 Å². The van der Waals surface area contributed by atoms with Gasteiger partial charge in [0.1, 0.15) is 11.3 Å². The van der Waals surface area contributed by atoms with E-state index in [0.717, 1.165) is 18.0 Å². The van der Waals surface area contributed by atoms with E-state index in [-0.39, 0.29) is 5.91 Å². The molecule has 0 fully saturated rings. The quantitative estimate of drug-likeness (QED) is 0.722. The molecule has 26 heavy (non-hydrogen) atoms. The van der Waals surface area contributed by atoms with Crippen molar-refractivity contribution in [3.63, 3.8) is 0 Å². The van der Waals surface area contributed by atoms with E-state index < -0.39 is 0 Å². The van der Waals surface area contributed by atoms with Gasteiger partial charge in [-0.05, 0) is 38.1 Å². The molecule has 2 aromatic heterocycles. The fourth-order valence-electron chi connectivity index (χ4n) is 2.57. The minimum absolute atomic E-state index is 0.295. The van der Waals surface area contributed by atoms with Gasteiger partial charge in [0.15, 0.2) is 5.69 Å². The summed E-state index contributed by atoms with van der Waals surface area (Å²) in [6, 6.07) is 9.42. The first-order valence-electron chi connectivity index (χ1n) is 8.58. The number of aromatic nitrogens is 2. The van der Waals surface area contributed by atoms with Crippen molar-refractivity contribution in [1.29, 1.82) is 0 Å². The number of nitrogens with zero attached hydrogens (tertiary/aromatic N) is 3. The molecule has 1 aromatic carbocycles. The third-order valence-electron chi connectivity index (χ3n) is 4.27. The minimum Gasteiger partial charge on any atom is -0.375 e. The summed E-state index contributed by atoms with van der Waals surface area (Å²) < 4.78 is 10.5. The van der Waals surface area contributed by atoms with Gasteiger partial charge in [-0.25, -0.2) is 0 Å². The highest BCUT2D eigenvalue weighted by atomic mass is 16.5. The standard InChI is InChI=1S/C19H22N4O3/c1-5-15-11-16(22-25-15)18-17(12(3)21-26-18)19(24)20-13-7-9-14(10-8-13)23(4)6-2/h7-11H,5-6H2,1-4H3,(H,20,24). The Hall–Kier alpha value is -3.09. The fourth-order valence-corrected chi connectivity index (χ4v) is 2.57. The third kappa shape index (κ3) is 3.46. The summed E-state index contributed by atoms with van der Waals surface area (Å²) >= 11 is 0. The van der Waals surface area contributed by atoms with Gasteiger partial charge in [-0.3, -0.25) is 4.79 Å². The monoisotopic (exact) mass is 354 g/mol. The molecular formula is C19H22N4O3. The first-order chi connectivity index (χ1) is 12.5. The van der Waals surface area contributed by atoms with Crippen molar-refractivity contribution < 1.29 is 13.8 Å². The van der Waals surface area contributed by atoms with Crippen molar-refractivity contribution in [2.75, 3.05) is 23.8 Å². The van der Waals surface area contributed by atoms with Gasteiger partial charge in [-0.15, -0.1) is 0 Å². The van der Waals surface area contributed by atoms with Gasteiger partial charge in [0, 0.05) is 37.5 Å². The zero-order chi connectivity index (χ0) is 18.7. The summed E-state index contributed by atoms with van der Waals surface area (Å²) in [5.41, 5.74) is 3.11. The van der Waals surface area contributed by atoms with Crippen LogP contribution in [-0.4, -0.2) is 29.8 Å². The summed E-state index contributed by atoms with van der Waals surface area (Å²) in [4.78, 5) is 14.9. The second-order valence-electron chi connectivity index (χ2n) is 6.02. The molecule has 0 aliphatic heterocycles. The van der Waals surface area contributed by atoms with E-state index in [1.54, 1.807) is 13.0 Å². The molecule has 0 aliphatic carbocycles. The smallest absolute Gasteiger partial charge is 0.261 e. The van der Waals surface area contributed by atoms with E-state index in [4.69, 9.17) is 9.05 Å². The lowest BCUT2D eigenvalue weighted by atomic mass is 10.1. The second kappa shape index (κ2) is 7.43. The van der Waals surface area contributed by atoms with Crippen molar-refractivity contribution in [2.24, 2.45) is 0 Å². The number of hydrogen-bond donors (Lipinski definition) is 1. The molecule has 7 heteroatoms. The Kier molecular flexibility index (Phi) is 5.06. The first kappa shape index (κ1) is 17.7. The molecule has 1 amide bonds. The maximum absolute atomic E-state index is 12.8. The maximum Gasteiger partial charge on any atom is 0.261 e. The SMILES string of the molecule is CCc1cc(-c2onc(C)c2C(=O)Nc2ccc(N(C)CC)cc2)no1. The molecule has 0 bridgehead atoms. The van der Waals surface area contributed by atoms with Crippen LogP contribution in [0.15, 0.2) is 39.4 Å². The summed E-state index contributed by atoms with van der Waals surface area (Å²) in [5, 5.41) is 10.8. The molecule has 0 aliphatic rings. The molecule has 3 aromatic rings. The number of carbonyl (C=O) groups is 1. The fraction of sp³-hybridized carbons (Fsp3) is 0.316. The highest BCUT2D eigenvalue weighted by Gasteiger charge is 2.24. The predicted molar refractivity (Wildman–Crippen MR) is 99.5 cm³/mol. The Morgan fingerprint density at radius 1 is 1.15 bits per heavy atom. The Labute approximate surface area is 152 Å². The van der Waals surface area contributed by atoms with Crippen molar-refractivity contribution in [2.45, 2.75) is 27.2 Å². The number of amides is 1. The Balaban J connectivity index is 1.83. The van der Waals surface area contributed by atoms with Gasteiger partial charge in [0.2, 0.25) is 5.76 Å². The van der Waals surface area contributed by atoms with Gasteiger partial charge < -0.3 is 19.3 Å². The summed E-state index contributed by atoms with van der Waals surface area (Å²) in [6.07, 6.45) is 0.709. The molecule has 2 heterocycles. The van der Waals surface area contributed by atoms with Crippen molar-refractivity contribution in [3.8, 4) is 11.5 Å². The maximum atomic E-state index is 12.8. The highest BCUT2D eigenvalue weighted by Crippen LogP contribution is 2.27. The lowest BCUT2D eigenvalue weighted by Gasteiger charge is -2.17. The number of aryl methyl sites for hydroxylation is 2. The number of rotatable bonds is 6. The van der Waals surface area contributed by atoms with Crippen LogP contribution in [0.4, 0.5) is 11.4 Å². The van der Waals surface area contributed by atoms with Crippen LogP contribution in [0.25, 0.3) is 11.5 Å². The summed E-state index contributed by atoms with van der Waals surface area (Å²) in [6.45, 7) is 6.68. The molecule has 1 N–H and O–H groups in total. The van der Waals surface area contributed by atoms with Crippen LogP contribution < -0.4 is 10.2 Å². The van der Waals surface area contributed by atoms with Crippen LogP contribution in [0.1, 0.15) is 35.7 Å². The van der Waals surface area contributed by atoms with Crippen LogP contribution in [0, 0.1) is 6.92 Å². The van der Waals surface area contributed by atoms with Gasteiger partial charge in [-0.1, -0.05) is 17.2 Å². The number of carbonyl (C=O) groups excluding carboxylic acids is 1. The van der Waals surface area contributed by atoms with Crippen LogP contribution in [0.5, 0.6) is 0 Å². The van der Waals surface area contributed by atoms with Crippen LogP contribution in [0.2, 0.25) is 0 Å². The average molecular weight is 354 g/mol. The number of hydrogen-bond acceptors (Lipinski definition) is 6. The van der Waals surface area contributed by atoms with E-state index in [1.807, 2.05) is 38.2 Å². The molecule has 0 unspecified atom stereocenters. The molecule has 0 saturated carbocycles. The normalized spacial score (nSPS) is 10.8. The molecule has 0 spiro atoms. The van der Waals surface area contributed by atoms with Crippen molar-refractivity contribution in [1.82, 2.24) is 10.3 Å².